The van der Waals surface area contributed by atoms with Crippen LogP contribution in [-0.4, -0.2) is 15.7 Å². The Balaban J connectivity index is 2.30. The Hall–Kier alpha value is -2.49. The van der Waals surface area contributed by atoms with Crippen LogP contribution in [0.5, 0.6) is 0 Å². The largest absolute Gasteiger partial charge is 0.293 e. The molecule has 4 nitrogen and oxygen atoms in total. The quantitative estimate of drug-likeness (QED) is 0.811. The Labute approximate surface area is 137 Å². The third-order valence-corrected chi connectivity index (χ3v) is 4.13. The summed E-state index contributed by atoms with van der Waals surface area (Å²) in [6, 6.07) is 4.13. The van der Waals surface area contributed by atoms with Gasteiger partial charge in [0, 0.05) is 23.7 Å². The van der Waals surface area contributed by atoms with Crippen LogP contribution in [0, 0.1) is 13.8 Å². The fourth-order valence-electron chi connectivity index (χ4n) is 2.99. The van der Waals surface area contributed by atoms with Gasteiger partial charge in [0.15, 0.2) is 0 Å². The molecule has 0 bridgehead atoms. The molecule has 0 spiro atoms. The first-order valence-corrected chi connectivity index (χ1v) is 7.87. The van der Waals surface area contributed by atoms with Crippen molar-refractivity contribution < 1.29 is 0 Å². The van der Waals surface area contributed by atoms with Crippen LogP contribution in [0.15, 0.2) is 41.9 Å². The highest BCUT2D eigenvalue weighted by molar-refractivity contribution is 6.07. The van der Waals surface area contributed by atoms with Crippen molar-refractivity contribution >= 4 is 17.1 Å². The van der Waals surface area contributed by atoms with Gasteiger partial charge >= 0.3 is 0 Å². The Bertz CT molecular complexity index is 818. The van der Waals surface area contributed by atoms with E-state index in [-0.39, 0.29) is 0 Å². The Kier molecular flexibility index (Phi) is 3.76. The van der Waals surface area contributed by atoms with Gasteiger partial charge in [0.25, 0.3) is 0 Å². The number of aliphatic imine (C=N–C) groups is 1. The maximum absolute atomic E-state index is 4.63. The molecule has 0 radical (unpaired) electrons. The standard InChI is InChI=1S/C19H22N4/c1-11(2)18-19(12(3)7-8-20-18)23-15(6)22-14(5)16-10-21-13(4)9-17(16)23/h7-11H,6H2,1-5H3. The van der Waals surface area contributed by atoms with Crippen molar-refractivity contribution in [3.05, 3.63) is 59.4 Å². The van der Waals surface area contributed by atoms with E-state index < -0.39 is 0 Å². The molecule has 3 heterocycles. The number of anilines is 2. The zero-order valence-electron chi connectivity index (χ0n) is 14.4. The van der Waals surface area contributed by atoms with E-state index in [2.05, 4.69) is 53.3 Å². The fourth-order valence-corrected chi connectivity index (χ4v) is 2.99. The minimum atomic E-state index is 0.316. The lowest BCUT2D eigenvalue weighted by Gasteiger charge is -2.33. The summed E-state index contributed by atoms with van der Waals surface area (Å²) in [5.74, 6) is 1.04. The van der Waals surface area contributed by atoms with Crippen molar-refractivity contribution in [2.24, 2.45) is 4.99 Å². The normalized spacial score (nSPS) is 14.1. The second-order valence-electron chi connectivity index (χ2n) is 6.31. The summed E-state index contributed by atoms with van der Waals surface area (Å²) in [5.41, 5.74) is 7.34. The molecule has 1 aliphatic heterocycles. The van der Waals surface area contributed by atoms with E-state index in [0.717, 1.165) is 39.9 Å². The van der Waals surface area contributed by atoms with E-state index in [4.69, 9.17) is 0 Å². The molecule has 0 aliphatic carbocycles. The predicted octanol–water partition coefficient (Wildman–Crippen LogP) is 4.65. The summed E-state index contributed by atoms with van der Waals surface area (Å²) in [4.78, 5) is 15.8. The van der Waals surface area contributed by atoms with Crippen LogP contribution in [0.1, 0.15) is 49.2 Å². The van der Waals surface area contributed by atoms with Gasteiger partial charge in [-0.2, -0.15) is 0 Å². The third-order valence-electron chi connectivity index (χ3n) is 4.13. The average Bonchev–Trinajstić information content (AvgIpc) is 2.48. The van der Waals surface area contributed by atoms with E-state index in [1.807, 2.05) is 32.3 Å². The summed E-state index contributed by atoms with van der Waals surface area (Å²) < 4.78 is 0. The van der Waals surface area contributed by atoms with Crippen LogP contribution in [0.3, 0.4) is 0 Å². The predicted molar refractivity (Wildman–Crippen MR) is 95.5 cm³/mol. The highest BCUT2D eigenvalue weighted by Gasteiger charge is 2.27. The van der Waals surface area contributed by atoms with Crippen LogP contribution in [0.4, 0.5) is 11.4 Å². The van der Waals surface area contributed by atoms with Crippen molar-refractivity contribution in [1.82, 2.24) is 9.97 Å². The second kappa shape index (κ2) is 5.61. The van der Waals surface area contributed by atoms with Gasteiger partial charge in [0.2, 0.25) is 0 Å². The monoisotopic (exact) mass is 306 g/mol. The molecule has 23 heavy (non-hydrogen) atoms. The van der Waals surface area contributed by atoms with Crippen molar-refractivity contribution in [3.8, 4) is 0 Å². The molecule has 0 atom stereocenters. The molecule has 0 saturated heterocycles. The van der Waals surface area contributed by atoms with Gasteiger partial charge in [-0.25, -0.2) is 4.99 Å². The molecule has 4 heteroatoms. The summed E-state index contributed by atoms with van der Waals surface area (Å²) in [7, 11) is 0. The maximum atomic E-state index is 4.63. The molecule has 0 N–H and O–H groups in total. The SMILES string of the molecule is C=C1N=C(C)c2cnc(C)cc2N1c1c(C)ccnc1C(C)C. The number of hydrogen-bond donors (Lipinski definition) is 0. The van der Waals surface area contributed by atoms with Crippen molar-refractivity contribution in [2.45, 2.75) is 40.5 Å². The van der Waals surface area contributed by atoms with Gasteiger partial charge in [-0.3, -0.25) is 14.9 Å². The summed E-state index contributed by atoms with van der Waals surface area (Å²) >= 11 is 0. The lowest BCUT2D eigenvalue weighted by atomic mass is 10.0. The molecule has 0 unspecified atom stereocenters. The zero-order valence-corrected chi connectivity index (χ0v) is 14.4. The number of pyridine rings is 2. The van der Waals surface area contributed by atoms with Gasteiger partial charge in [-0.15, -0.1) is 0 Å². The van der Waals surface area contributed by atoms with Gasteiger partial charge in [0.05, 0.1) is 22.8 Å². The molecule has 2 aromatic heterocycles. The lowest BCUT2D eigenvalue weighted by Crippen LogP contribution is -2.25. The molecule has 1 aliphatic rings. The van der Waals surface area contributed by atoms with E-state index >= 15 is 0 Å². The molecule has 118 valence electrons. The van der Waals surface area contributed by atoms with Crippen LogP contribution < -0.4 is 4.90 Å². The smallest absolute Gasteiger partial charge is 0.130 e. The number of fused-ring (bicyclic) bond motifs is 1. The minimum absolute atomic E-state index is 0.316. The van der Waals surface area contributed by atoms with E-state index in [1.165, 1.54) is 5.56 Å². The number of rotatable bonds is 2. The van der Waals surface area contributed by atoms with Crippen molar-refractivity contribution in [3.63, 3.8) is 0 Å². The van der Waals surface area contributed by atoms with Gasteiger partial charge in [-0.1, -0.05) is 20.4 Å². The van der Waals surface area contributed by atoms with Gasteiger partial charge < -0.3 is 0 Å². The second-order valence-corrected chi connectivity index (χ2v) is 6.31. The number of hydrogen-bond acceptors (Lipinski definition) is 4. The lowest BCUT2D eigenvalue weighted by molar-refractivity contribution is 0.815. The molecular formula is C19H22N4. The average molecular weight is 306 g/mol. The first-order chi connectivity index (χ1) is 10.9. The first-order valence-electron chi connectivity index (χ1n) is 7.87. The molecule has 3 rings (SSSR count). The highest BCUT2D eigenvalue weighted by atomic mass is 15.3. The fraction of sp³-hybridized carbons (Fsp3) is 0.316. The van der Waals surface area contributed by atoms with E-state index in [9.17, 15) is 0 Å². The number of aromatic nitrogens is 2. The zero-order chi connectivity index (χ0) is 16.7. The number of nitrogens with zero attached hydrogens (tertiary/aromatic N) is 4. The van der Waals surface area contributed by atoms with Gasteiger partial charge in [-0.05, 0) is 44.4 Å². The Morgan fingerprint density at radius 1 is 1.13 bits per heavy atom. The maximum Gasteiger partial charge on any atom is 0.130 e. The topological polar surface area (TPSA) is 41.4 Å². The van der Waals surface area contributed by atoms with Crippen LogP contribution in [0.25, 0.3) is 0 Å². The summed E-state index contributed by atoms with van der Waals surface area (Å²) in [6.45, 7) is 14.6. The molecule has 0 aromatic carbocycles. The number of aryl methyl sites for hydroxylation is 2. The molecule has 0 fully saturated rings. The van der Waals surface area contributed by atoms with Crippen molar-refractivity contribution in [1.29, 1.82) is 0 Å². The summed E-state index contributed by atoms with van der Waals surface area (Å²) in [5, 5.41) is 0. The van der Waals surface area contributed by atoms with Gasteiger partial charge in [0.1, 0.15) is 5.82 Å². The molecular weight excluding hydrogens is 284 g/mol. The Morgan fingerprint density at radius 2 is 1.87 bits per heavy atom. The summed E-state index contributed by atoms with van der Waals surface area (Å²) in [6.07, 6.45) is 3.76. The first kappa shape index (κ1) is 15.4. The van der Waals surface area contributed by atoms with E-state index in [1.54, 1.807) is 0 Å². The Morgan fingerprint density at radius 3 is 2.57 bits per heavy atom. The van der Waals surface area contributed by atoms with Crippen LogP contribution >= 0.6 is 0 Å². The van der Waals surface area contributed by atoms with Crippen LogP contribution in [0.2, 0.25) is 0 Å². The minimum Gasteiger partial charge on any atom is -0.293 e. The third kappa shape index (κ3) is 2.54. The molecule has 0 amide bonds. The van der Waals surface area contributed by atoms with Crippen LogP contribution in [-0.2, 0) is 0 Å². The van der Waals surface area contributed by atoms with Crippen molar-refractivity contribution in [2.75, 3.05) is 4.90 Å². The van der Waals surface area contributed by atoms with E-state index in [0.29, 0.717) is 5.92 Å². The highest BCUT2D eigenvalue weighted by Crippen LogP contribution is 2.41. The molecule has 2 aromatic rings. The molecule has 0 saturated carbocycles.